The summed E-state index contributed by atoms with van der Waals surface area (Å²) in [6.07, 6.45) is 0.250. The molecule has 0 aromatic heterocycles. The molecule has 0 saturated carbocycles. The van der Waals surface area contributed by atoms with Crippen LogP contribution in [0.1, 0.15) is 12.5 Å². The number of nitrogens with two attached hydrogens (primary N) is 1. The lowest BCUT2D eigenvalue weighted by Crippen LogP contribution is -2.19. The van der Waals surface area contributed by atoms with Crippen molar-refractivity contribution in [1.82, 2.24) is 0 Å². The number of benzene rings is 2. The zero-order valence-electron chi connectivity index (χ0n) is 12.8. The van der Waals surface area contributed by atoms with Gasteiger partial charge in [-0.25, -0.2) is 4.79 Å². The van der Waals surface area contributed by atoms with Crippen LogP contribution in [0.5, 0.6) is 5.75 Å². The molecule has 0 fully saturated rings. The second-order valence-corrected chi connectivity index (χ2v) is 4.87. The molecular formula is C17H19N3O3. The number of amides is 3. The smallest absolute Gasteiger partial charge is 0.316 e. The molecule has 2 aromatic rings. The maximum Gasteiger partial charge on any atom is 0.316 e. The molecule has 0 heterocycles. The quantitative estimate of drug-likeness (QED) is 0.765. The summed E-state index contributed by atoms with van der Waals surface area (Å²) >= 11 is 0. The number of urea groups is 1. The third-order valence-corrected chi connectivity index (χ3v) is 3.01. The Hall–Kier alpha value is -3.02. The van der Waals surface area contributed by atoms with Crippen molar-refractivity contribution in [3.8, 4) is 5.75 Å². The largest absolute Gasteiger partial charge is 0.494 e. The minimum absolute atomic E-state index is 0.148. The van der Waals surface area contributed by atoms with E-state index in [2.05, 4.69) is 10.6 Å². The average Bonchev–Trinajstić information content (AvgIpc) is 2.49. The Labute approximate surface area is 134 Å². The Morgan fingerprint density at radius 2 is 1.70 bits per heavy atom. The van der Waals surface area contributed by atoms with Crippen molar-refractivity contribution in [2.75, 3.05) is 17.2 Å². The number of rotatable bonds is 6. The van der Waals surface area contributed by atoms with Crippen LogP contribution in [0.25, 0.3) is 0 Å². The Kier molecular flexibility index (Phi) is 5.57. The molecule has 0 unspecified atom stereocenters. The van der Waals surface area contributed by atoms with Gasteiger partial charge in [0, 0.05) is 11.4 Å². The highest BCUT2D eigenvalue weighted by Crippen LogP contribution is 2.16. The number of primary amides is 1. The third kappa shape index (κ3) is 5.35. The van der Waals surface area contributed by atoms with Gasteiger partial charge in [-0.2, -0.15) is 0 Å². The number of hydrogen-bond donors (Lipinski definition) is 3. The summed E-state index contributed by atoms with van der Waals surface area (Å²) in [5.41, 5.74) is 7.06. The van der Waals surface area contributed by atoms with E-state index in [4.69, 9.17) is 10.5 Å². The van der Waals surface area contributed by atoms with E-state index in [-0.39, 0.29) is 12.3 Å². The van der Waals surface area contributed by atoms with Crippen LogP contribution in [-0.4, -0.2) is 18.5 Å². The lowest BCUT2D eigenvalue weighted by molar-refractivity contribution is -0.115. The van der Waals surface area contributed by atoms with Crippen LogP contribution in [0.3, 0.4) is 0 Å². The van der Waals surface area contributed by atoms with Crippen molar-refractivity contribution in [1.29, 1.82) is 0 Å². The molecule has 4 N–H and O–H groups in total. The van der Waals surface area contributed by atoms with Crippen LogP contribution >= 0.6 is 0 Å². The topological polar surface area (TPSA) is 93.4 Å². The van der Waals surface area contributed by atoms with Gasteiger partial charge in [-0.15, -0.1) is 0 Å². The van der Waals surface area contributed by atoms with Crippen molar-refractivity contribution in [3.05, 3.63) is 54.1 Å². The Morgan fingerprint density at radius 3 is 2.30 bits per heavy atom. The first-order valence-corrected chi connectivity index (χ1v) is 7.25. The van der Waals surface area contributed by atoms with E-state index in [0.717, 1.165) is 11.3 Å². The maximum absolute atomic E-state index is 12.1. The van der Waals surface area contributed by atoms with Crippen molar-refractivity contribution in [2.45, 2.75) is 13.3 Å². The van der Waals surface area contributed by atoms with Crippen LogP contribution < -0.4 is 21.1 Å². The van der Waals surface area contributed by atoms with Crippen LogP contribution in [0, 0.1) is 0 Å². The first kappa shape index (κ1) is 16.4. The molecule has 0 aliphatic rings. The average molecular weight is 313 g/mol. The Morgan fingerprint density at radius 1 is 1.04 bits per heavy atom. The SMILES string of the molecule is CCOc1ccc(CC(=O)Nc2cccc(NC(N)=O)c2)cc1. The summed E-state index contributed by atoms with van der Waals surface area (Å²) in [6.45, 7) is 2.53. The molecule has 120 valence electrons. The molecule has 0 spiro atoms. The van der Waals surface area contributed by atoms with Crippen LogP contribution in [0.15, 0.2) is 48.5 Å². The maximum atomic E-state index is 12.1. The molecule has 0 saturated heterocycles. The Balaban J connectivity index is 1.95. The molecule has 0 atom stereocenters. The van der Waals surface area contributed by atoms with Gasteiger partial charge < -0.3 is 21.1 Å². The number of carbonyl (C=O) groups excluding carboxylic acids is 2. The van der Waals surface area contributed by atoms with Crippen LogP contribution in [0.4, 0.5) is 16.2 Å². The van der Waals surface area contributed by atoms with Gasteiger partial charge in [-0.05, 0) is 42.8 Å². The van der Waals surface area contributed by atoms with Crippen molar-refractivity contribution < 1.29 is 14.3 Å². The normalized spacial score (nSPS) is 9.96. The molecule has 0 aliphatic heterocycles. The molecule has 0 radical (unpaired) electrons. The van der Waals surface area contributed by atoms with E-state index >= 15 is 0 Å². The summed E-state index contributed by atoms with van der Waals surface area (Å²) in [5, 5.41) is 5.24. The molecule has 2 aromatic carbocycles. The van der Waals surface area contributed by atoms with E-state index in [0.29, 0.717) is 18.0 Å². The lowest BCUT2D eigenvalue weighted by atomic mass is 10.1. The molecule has 6 heteroatoms. The van der Waals surface area contributed by atoms with Gasteiger partial charge in [-0.1, -0.05) is 18.2 Å². The van der Waals surface area contributed by atoms with Gasteiger partial charge in [0.25, 0.3) is 0 Å². The van der Waals surface area contributed by atoms with Gasteiger partial charge >= 0.3 is 6.03 Å². The molecule has 6 nitrogen and oxygen atoms in total. The first-order chi connectivity index (χ1) is 11.1. The fourth-order valence-corrected chi connectivity index (χ4v) is 2.08. The molecule has 3 amide bonds. The van der Waals surface area contributed by atoms with E-state index in [1.54, 1.807) is 24.3 Å². The molecule has 0 bridgehead atoms. The van der Waals surface area contributed by atoms with Crippen molar-refractivity contribution >= 4 is 23.3 Å². The molecule has 2 rings (SSSR count). The van der Waals surface area contributed by atoms with E-state index in [1.165, 1.54) is 0 Å². The lowest BCUT2D eigenvalue weighted by Gasteiger charge is -2.08. The predicted molar refractivity (Wildman–Crippen MR) is 89.6 cm³/mol. The summed E-state index contributed by atoms with van der Waals surface area (Å²) in [5.74, 6) is 0.632. The van der Waals surface area contributed by atoms with E-state index in [1.807, 2.05) is 31.2 Å². The first-order valence-electron chi connectivity index (χ1n) is 7.25. The number of ether oxygens (including phenoxy) is 1. The second-order valence-electron chi connectivity index (χ2n) is 4.87. The highest BCUT2D eigenvalue weighted by Gasteiger charge is 2.06. The number of nitrogens with one attached hydrogen (secondary N) is 2. The van der Waals surface area contributed by atoms with E-state index in [9.17, 15) is 9.59 Å². The molecular weight excluding hydrogens is 294 g/mol. The number of carbonyl (C=O) groups is 2. The highest BCUT2D eigenvalue weighted by atomic mass is 16.5. The zero-order valence-corrected chi connectivity index (χ0v) is 12.8. The van der Waals surface area contributed by atoms with Crippen LogP contribution in [-0.2, 0) is 11.2 Å². The minimum atomic E-state index is -0.650. The highest BCUT2D eigenvalue weighted by molar-refractivity contribution is 5.94. The summed E-state index contributed by atoms with van der Waals surface area (Å²) in [4.78, 5) is 22.9. The Bertz CT molecular complexity index is 684. The van der Waals surface area contributed by atoms with Crippen molar-refractivity contribution in [2.24, 2.45) is 5.73 Å². The fourth-order valence-electron chi connectivity index (χ4n) is 2.08. The van der Waals surface area contributed by atoms with Crippen molar-refractivity contribution in [3.63, 3.8) is 0 Å². The zero-order chi connectivity index (χ0) is 16.7. The summed E-state index contributed by atoms with van der Waals surface area (Å²) in [7, 11) is 0. The molecule has 23 heavy (non-hydrogen) atoms. The fraction of sp³-hybridized carbons (Fsp3) is 0.176. The van der Waals surface area contributed by atoms with Gasteiger partial charge in [0.1, 0.15) is 5.75 Å². The van der Waals surface area contributed by atoms with Gasteiger partial charge in [0.05, 0.1) is 13.0 Å². The summed E-state index contributed by atoms with van der Waals surface area (Å²) in [6, 6.07) is 13.5. The van der Waals surface area contributed by atoms with Gasteiger partial charge in [0.2, 0.25) is 5.91 Å². The summed E-state index contributed by atoms with van der Waals surface area (Å²) < 4.78 is 5.36. The second kappa shape index (κ2) is 7.84. The monoisotopic (exact) mass is 313 g/mol. The van der Waals surface area contributed by atoms with Gasteiger partial charge in [-0.3, -0.25) is 4.79 Å². The van der Waals surface area contributed by atoms with Gasteiger partial charge in [0.15, 0.2) is 0 Å². The predicted octanol–water partition coefficient (Wildman–Crippen LogP) is 2.76. The standard InChI is InChI=1S/C17H19N3O3/c1-2-23-15-8-6-12(7-9-15)10-16(21)19-13-4-3-5-14(11-13)20-17(18)22/h3-9,11H,2,10H2,1H3,(H,19,21)(H3,18,20,22). The number of anilines is 2. The number of hydrogen-bond acceptors (Lipinski definition) is 3. The van der Waals surface area contributed by atoms with Crippen LogP contribution in [0.2, 0.25) is 0 Å². The minimum Gasteiger partial charge on any atom is -0.494 e. The third-order valence-electron chi connectivity index (χ3n) is 3.01. The molecule has 0 aliphatic carbocycles. The van der Waals surface area contributed by atoms with E-state index < -0.39 is 6.03 Å².